The first-order valence-corrected chi connectivity index (χ1v) is 12.2. The molecule has 8 nitrogen and oxygen atoms in total. The van der Waals surface area contributed by atoms with Gasteiger partial charge >= 0.3 is 58.0 Å². The predicted octanol–water partition coefficient (Wildman–Crippen LogP) is 0.652. The summed E-state index contributed by atoms with van der Waals surface area (Å²) in [6.07, 6.45) is 7.67. The van der Waals surface area contributed by atoms with E-state index >= 15 is 0 Å². The Hall–Kier alpha value is -2.44. The third kappa shape index (κ3) is 6.40. The van der Waals surface area contributed by atoms with Gasteiger partial charge in [-0.3, -0.25) is 0 Å². The fourth-order valence-corrected chi connectivity index (χ4v) is 4.80. The van der Waals surface area contributed by atoms with Crippen LogP contribution in [-0.4, -0.2) is 45.0 Å². The van der Waals surface area contributed by atoms with Gasteiger partial charge in [0.05, 0.1) is 5.69 Å². The van der Waals surface area contributed by atoms with Crippen molar-refractivity contribution in [3.05, 3.63) is 71.9 Å². The SMILES string of the molecule is Cc1nc2ccc(-c3cnc(N4CCCC(C(=O)[O-])CC4)nc3)cn2c1Cc1ccccc1OC(F)F.[K+]. The average Bonchev–Trinajstić information content (AvgIpc) is 3.04. The van der Waals surface area contributed by atoms with E-state index in [0.717, 1.165) is 34.6 Å². The molecule has 0 spiro atoms. The third-order valence-corrected chi connectivity index (χ3v) is 6.78. The topological polar surface area (TPSA) is 95.7 Å². The van der Waals surface area contributed by atoms with E-state index in [2.05, 4.69) is 15.0 Å². The molecule has 1 saturated heterocycles. The zero-order valence-electron chi connectivity index (χ0n) is 21.3. The van der Waals surface area contributed by atoms with Crippen molar-refractivity contribution in [3.8, 4) is 16.9 Å². The number of carboxylic acids is 1. The number of anilines is 1. The molecular weight excluding hydrogens is 519 g/mol. The van der Waals surface area contributed by atoms with Crippen molar-refractivity contribution in [3.63, 3.8) is 0 Å². The number of fused-ring (bicyclic) bond motifs is 1. The van der Waals surface area contributed by atoms with Crippen molar-refractivity contribution in [2.24, 2.45) is 5.92 Å². The van der Waals surface area contributed by atoms with Gasteiger partial charge < -0.3 is 23.9 Å². The Labute approximate surface area is 261 Å². The molecule has 0 N–H and O–H groups in total. The number of pyridine rings is 1. The number of halogens is 2. The molecule has 5 rings (SSSR count). The van der Waals surface area contributed by atoms with Gasteiger partial charge in [-0.05, 0) is 44.4 Å². The average molecular weight is 546 g/mol. The van der Waals surface area contributed by atoms with E-state index in [1.165, 1.54) is 6.07 Å². The monoisotopic (exact) mass is 545 g/mol. The van der Waals surface area contributed by atoms with E-state index < -0.39 is 18.5 Å². The molecule has 1 aromatic carbocycles. The van der Waals surface area contributed by atoms with Crippen LogP contribution in [-0.2, 0) is 11.2 Å². The summed E-state index contributed by atoms with van der Waals surface area (Å²) in [4.78, 5) is 26.9. The van der Waals surface area contributed by atoms with Crippen LogP contribution >= 0.6 is 0 Å². The van der Waals surface area contributed by atoms with E-state index in [9.17, 15) is 18.7 Å². The Morgan fingerprint density at radius 1 is 1.11 bits per heavy atom. The maximum atomic E-state index is 12.9. The number of carbonyl (C=O) groups excluding carboxylic acids is 1. The second kappa shape index (κ2) is 12.6. The van der Waals surface area contributed by atoms with Crippen LogP contribution in [0.1, 0.15) is 36.2 Å². The van der Waals surface area contributed by atoms with Gasteiger partial charge in [0, 0.05) is 72.4 Å². The van der Waals surface area contributed by atoms with Crippen molar-refractivity contribution in [1.82, 2.24) is 19.4 Å². The van der Waals surface area contributed by atoms with Crippen LogP contribution in [0.15, 0.2) is 55.0 Å². The molecule has 1 unspecified atom stereocenters. The van der Waals surface area contributed by atoms with Crippen LogP contribution < -0.4 is 66.1 Å². The molecule has 0 aliphatic carbocycles. The van der Waals surface area contributed by atoms with Gasteiger partial charge in [-0.2, -0.15) is 8.78 Å². The minimum Gasteiger partial charge on any atom is -0.550 e. The molecule has 1 aliphatic heterocycles. The molecular formula is C27H26F2KN5O3. The first-order chi connectivity index (χ1) is 17.9. The van der Waals surface area contributed by atoms with Crippen LogP contribution in [0.5, 0.6) is 5.75 Å². The first kappa shape index (κ1) is 28.6. The summed E-state index contributed by atoms with van der Waals surface area (Å²) >= 11 is 0. The van der Waals surface area contributed by atoms with E-state index in [-0.39, 0.29) is 57.1 Å². The van der Waals surface area contributed by atoms with E-state index in [0.29, 0.717) is 43.9 Å². The van der Waals surface area contributed by atoms with E-state index in [1.807, 2.05) is 34.6 Å². The number of nitrogens with zero attached hydrogens (tertiary/aromatic N) is 5. The molecule has 4 aromatic rings. The number of alkyl halides is 2. The van der Waals surface area contributed by atoms with Crippen molar-refractivity contribution in [2.45, 2.75) is 39.2 Å². The number of carbonyl (C=O) groups is 1. The number of benzene rings is 1. The van der Waals surface area contributed by atoms with Gasteiger partial charge in [-0.15, -0.1) is 0 Å². The van der Waals surface area contributed by atoms with Crippen molar-refractivity contribution in [1.29, 1.82) is 0 Å². The smallest absolute Gasteiger partial charge is 0.550 e. The fraction of sp³-hybridized carbons (Fsp3) is 0.333. The van der Waals surface area contributed by atoms with Crippen LogP contribution in [0, 0.1) is 12.8 Å². The molecule has 0 bridgehead atoms. The largest absolute Gasteiger partial charge is 1.00 e. The Balaban J connectivity index is 0.00000336. The van der Waals surface area contributed by atoms with Crippen LogP contribution in [0.4, 0.5) is 14.7 Å². The number of aliphatic carboxylic acids is 1. The maximum Gasteiger partial charge on any atom is 1.00 e. The summed E-state index contributed by atoms with van der Waals surface area (Å²) in [5.74, 6) is -0.713. The Morgan fingerprint density at radius 2 is 1.87 bits per heavy atom. The quantitative estimate of drug-likeness (QED) is 0.315. The number of imidazole rings is 1. The number of aryl methyl sites for hydroxylation is 1. The van der Waals surface area contributed by atoms with Gasteiger partial charge in [0.1, 0.15) is 11.4 Å². The van der Waals surface area contributed by atoms with Crippen LogP contribution in [0.25, 0.3) is 16.8 Å². The number of rotatable bonds is 7. The van der Waals surface area contributed by atoms with E-state index in [4.69, 9.17) is 4.74 Å². The fourth-order valence-electron chi connectivity index (χ4n) is 4.80. The van der Waals surface area contributed by atoms with Gasteiger partial charge in [0.2, 0.25) is 5.95 Å². The summed E-state index contributed by atoms with van der Waals surface area (Å²) in [6.45, 7) is 0.258. The third-order valence-electron chi connectivity index (χ3n) is 6.78. The van der Waals surface area contributed by atoms with Gasteiger partial charge in [-0.25, -0.2) is 15.0 Å². The van der Waals surface area contributed by atoms with Gasteiger partial charge in [0.15, 0.2) is 0 Å². The Morgan fingerprint density at radius 3 is 2.61 bits per heavy atom. The minimum atomic E-state index is -2.90. The zero-order chi connectivity index (χ0) is 25.9. The predicted molar refractivity (Wildman–Crippen MR) is 131 cm³/mol. The second-order valence-corrected chi connectivity index (χ2v) is 9.16. The molecule has 11 heteroatoms. The molecule has 1 fully saturated rings. The van der Waals surface area contributed by atoms with Crippen molar-refractivity contribution in [2.75, 3.05) is 18.0 Å². The summed E-state index contributed by atoms with van der Waals surface area (Å²) in [6, 6.07) is 10.6. The minimum absolute atomic E-state index is 0. The van der Waals surface area contributed by atoms with Gasteiger partial charge in [0.25, 0.3) is 0 Å². The molecule has 3 aromatic heterocycles. The molecule has 192 valence electrons. The first-order valence-electron chi connectivity index (χ1n) is 12.2. The summed E-state index contributed by atoms with van der Waals surface area (Å²) < 4.78 is 32.4. The number of hydrogen-bond acceptors (Lipinski definition) is 7. The standard InChI is InChI=1S/C27H27F2N5O3.K/c1-17-22(13-19-5-2-3-7-23(19)37-26(28)29)34-16-20(8-9-24(34)32-17)21-14-30-27(31-15-21)33-11-4-6-18(10-12-33)25(35)36;/h2-3,5,7-9,14-16,18,26H,4,6,10-13H2,1H3,(H,35,36);/q;+1/p-1. The maximum absolute atomic E-state index is 12.9. The molecule has 38 heavy (non-hydrogen) atoms. The number of carboxylic acid groups (broad SMARTS) is 1. The van der Waals surface area contributed by atoms with Gasteiger partial charge in [-0.1, -0.05) is 18.2 Å². The Kier molecular flexibility index (Phi) is 9.48. The number of aromatic nitrogens is 4. The second-order valence-electron chi connectivity index (χ2n) is 9.16. The molecule has 4 heterocycles. The molecule has 0 amide bonds. The van der Waals surface area contributed by atoms with Crippen molar-refractivity contribution < 1.29 is 74.8 Å². The van der Waals surface area contributed by atoms with Crippen molar-refractivity contribution >= 4 is 17.6 Å². The molecule has 1 aliphatic rings. The van der Waals surface area contributed by atoms with E-state index in [1.54, 1.807) is 30.6 Å². The summed E-state index contributed by atoms with van der Waals surface area (Å²) in [7, 11) is 0. The van der Waals surface area contributed by atoms with Crippen LogP contribution in [0.3, 0.4) is 0 Å². The molecule has 0 radical (unpaired) electrons. The summed E-state index contributed by atoms with van der Waals surface area (Å²) in [5.41, 5.74) is 4.74. The Bertz CT molecular complexity index is 1410. The molecule has 1 atom stereocenters. The number of ether oxygens (including phenoxy) is 1. The molecule has 0 saturated carbocycles. The number of para-hydroxylation sites is 1. The van der Waals surface area contributed by atoms with Crippen LogP contribution in [0.2, 0.25) is 0 Å². The normalized spacial score (nSPS) is 15.8. The summed E-state index contributed by atoms with van der Waals surface area (Å²) in [5, 5.41) is 11.2. The zero-order valence-corrected chi connectivity index (χ0v) is 24.4. The number of hydrogen-bond donors (Lipinski definition) is 0.